The summed E-state index contributed by atoms with van der Waals surface area (Å²) in [5.41, 5.74) is 1.81. The zero-order chi connectivity index (χ0) is 20.5. The number of imide groups is 1. The van der Waals surface area contributed by atoms with Gasteiger partial charge >= 0.3 is 6.03 Å². The van der Waals surface area contributed by atoms with Crippen LogP contribution in [0.25, 0.3) is 0 Å². The Hall–Kier alpha value is -2.19. The molecule has 0 radical (unpaired) electrons. The maximum atomic E-state index is 13.9. The summed E-state index contributed by atoms with van der Waals surface area (Å²) < 4.78 is 13.9. The fourth-order valence-electron chi connectivity index (χ4n) is 3.82. The van der Waals surface area contributed by atoms with Crippen LogP contribution in [0.1, 0.15) is 38.2 Å². The lowest BCUT2D eigenvalue weighted by molar-refractivity contribution is -0.885. The summed E-state index contributed by atoms with van der Waals surface area (Å²) in [6, 6.07) is 3.81. The van der Waals surface area contributed by atoms with Crippen molar-refractivity contribution in [2.24, 2.45) is 5.92 Å². The minimum Gasteiger partial charge on any atom is -0.326 e. The number of carbonyl (C=O) groups excluding carboxylic acids is 3. The monoisotopic (exact) mass is 411 g/mol. The normalized spacial score (nSPS) is 25.7. The van der Waals surface area contributed by atoms with E-state index in [9.17, 15) is 18.8 Å². The van der Waals surface area contributed by atoms with Gasteiger partial charge in [0.1, 0.15) is 17.9 Å². The summed E-state index contributed by atoms with van der Waals surface area (Å²) in [6.07, 6.45) is 2.85. The van der Waals surface area contributed by atoms with Gasteiger partial charge in [-0.05, 0) is 43.7 Å². The molecule has 1 aliphatic heterocycles. The topological polar surface area (TPSA) is 83.0 Å². The number of carbonyl (C=O) groups is 3. The standard InChI is InChI=1S/C19H24ClFN4O3/c1-12-6-8-19(9-7-12)17(27)25(18(28)22-19)23-16(26)11-24(2)10-13-14(20)4-3-5-15(13)21/h3-5,12H,6-11H2,1-2H3,(H,22,28)(H,23,26)/p+1. The lowest BCUT2D eigenvalue weighted by Crippen LogP contribution is -3.09. The Balaban J connectivity index is 1.58. The third-order valence-corrected chi connectivity index (χ3v) is 5.88. The van der Waals surface area contributed by atoms with Crippen LogP contribution in [-0.2, 0) is 16.1 Å². The summed E-state index contributed by atoms with van der Waals surface area (Å²) >= 11 is 6.02. The number of benzene rings is 1. The number of amides is 4. The Morgan fingerprint density at radius 3 is 2.71 bits per heavy atom. The first-order chi connectivity index (χ1) is 13.2. The maximum Gasteiger partial charge on any atom is 0.344 e. The summed E-state index contributed by atoms with van der Waals surface area (Å²) in [5.74, 6) is -0.835. The van der Waals surface area contributed by atoms with Crippen LogP contribution in [0.15, 0.2) is 18.2 Å². The van der Waals surface area contributed by atoms with Crippen LogP contribution in [-0.4, -0.2) is 42.0 Å². The highest BCUT2D eigenvalue weighted by atomic mass is 35.5. The highest BCUT2D eigenvalue weighted by Gasteiger charge is 2.53. The van der Waals surface area contributed by atoms with Gasteiger partial charge in [-0.1, -0.05) is 24.6 Å². The van der Waals surface area contributed by atoms with Crippen LogP contribution in [0.4, 0.5) is 9.18 Å². The lowest BCUT2D eigenvalue weighted by Gasteiger charge is -2.33. The first kappa shape index (κ1) is 20.5. The first-order valence-electron chi connectivity index (χ1n) is 9.42. The van der Waals surface area contributed by atoms with E-state index >= 15 is 0 Å². The molecule has 3 rings (SSSR count). The molecule has 1 aromatic rings. The Bertz CT molecular complexity index is 775. The second kappa shape index (κ2) is 8.05. The van der Waals surface area contributed by atoms with Crippen molar-refractivity contribution < 1.29 is 23.7 Å². The van der Waals surface area contributed by atoms with Crippen LogP contribution in [0.2, 0.25) is 5.02 Å². The number of hydrogen-bond acceptors (Lipinski definition) is 3. The number of hydrazine groups is 1. The van der Waals surface area contributed by atoms with Crippen LogP contribution >= 0.6 is 11.6 Å². The number of quaternary nitrogens is 1. The number of nitrogens with one attached hydrogen (secondary N) is 3. The van der Waals surface area contributed by atoms with Gasteiger partial charge in [-0.15, -0.1) is 0 Å². The fourth-order valence-corrected chi connectivity index (χ4v) is 4.05. The second-order valence-corrected chi connectivity index (χ2v) is 8.29. The van der Waals surface area contributed by atoms with Crippen molar-refractivity contribution in [2.45, 2.75) is 44.7 Å². The summed E-state index contributed by atoms with van der Waals surface area (Å²) in [7, 11) is 1.71. The molecule has 4 amide bonds. The van der Waals surface area contributed by atoms with Gasteiger partial charge in [-0.3, -0.25) is 15.0 Å². The molecule has 0 bridgehead atoms. The molecule has 1 unspecified atom stereocenters. The molecular weight excluding hydrogens is 387 g/mol. The van der Waals surface area contributed by atoms with Crippen molar-refractivity contribution in [2.75, 3.05) is 13.6 Å². The zero-order valence-corrected chi connectivity index (χ0v) is 16.7. The zero-order valence-electron chi connectivity index (χ0n) is 16.0. The van der Waals surface area contributed by atoms with Crippen molar-refractivity contribution in [1.29, 1.82) is 0 Å². The molecule has 28 heavy (non-hydrogen) atoms. The highest BCUT2D eigenvalue weighted by Crippen LogP contribution is 2.35. The summed E-state index contributed by atoms with van der Waals surface area (Å²) in [5, 5.41) is 3.83. The Morgan fingerprint density at radius 2 is 2.07 bits per heavy atom. The van der Waals surface area contributed by atoms with Gasteiger partial charge in [0.25, 0.3) is 11.8 Å². The van der Waals surface area contributed by atoms with Gasteiger partial charge in [0.05, 0.1) is 17.6 Å². The highest BCUT2D eigenvalue weighted by molar-refractivity contribution is 6.31. The van der Waals surface area contributed by atoms with Crippen molar-refractivity contribution in [3.63, 3.8) is 0 Å². The third kappa shape index (κ3) is 4.12. The second-order valence-electron chi connectivity index (χ2n) is 7.88. The van der Waals surface area contributed by atoms with Crippen molar-refractivity contribution >= 4 is 29.4 Å². The molecule has 0 aromatic heterocycles. The van der Waals surface area contributed by atoms with Gasteiger partial charge in [0.2, 0.25) is 0 Å². The quantitative estimate of drug-likeness (QED) is 0.633. The predicted octanol–water partition coefficient (Wildman–Crippen LogP) is 1.03. The molecular formula is C19H25ClFN4O3+. The number of halogens is 2. The maximum absolute atomic E-state index is 13.9. The predicted molar refractivity (Wildman–Crippen MR) is 101 cm³/mol. The molecule has 1 saturated heterocycles. The van der Waals surface area contributed by atoms with Crippen LogP contribution in [0.5, 0.6) is 0 Å². The van der Waals surface area contributed by atoms with E-state index in [2.05, 4.69) is 17.7 Å². The largest absolute Gasteiger partial charge is 0.344 e. The van der Waals surface area contributed by atoms with E-state index in [4.69, 9.17) is 11.6 Å². The van der Waals surface area contributed by atoms with Gasteiger partial charge < -0.3 is 10.2 Å². The van der Waals surface area contributed by atoms with E-state index in [1.807, 2.05) is 0 Å². The molecule has 1 atom stereocenters. The molecule has 1 aromatic carbocycles. The smallest absolute Gasteiger partial charge is 0.326 e. The Kier molecular flexibility index (Phi) is 5.90. The average Bonchev–Trinajstić information content (AvgIpc) is 2.85. The Labute approximate surface area is 168 Å². The van der Waals surface area contributed by atoms with E-state index in [1.54, 1.807) is 13.1 Å². The van der Waals surface area contributed by atoms with Crippen molar-refractivity contribution in [1.82, 2.24) is 15.8 Å². The number of nitrogens with zero attached hydrogens (tertiary/aromatic N) is 1. The van der Waals surface area contributed by atoms with Crippen molar-refractivity contribution in [3.05, 3.63) is 34.6 Å². The van der Waals surface area contributed by atoms with Crippen LogP contribution < -0.4 is 15.6 Å². The number of hydrogen-bond donors (Lipinski definition) is 3. The molecule has 2 aliphatic rings. The fraction of sp³-hybridized carbons (Fsp3) is 0.526. The number of urea groups is 1. The number of likely N-dealkylation sites (N-methyl/N-ethyl adjacent to an activating group) is 1. The number of rotatable bonds is 5. The van der Waals surface area contributed by atoms with E-state index in [-0.39, 0.29) is 13.1 Å². The molecule has 1 saturated carbocycles. The molecule has 7 nitrogen and oxygen atoms in total. The lowest BCUT2D eigenvalue weighted by atomic mass is 9.77. The molecule has 152 valence electrons. The van der Waals surface area contributed by atoms with Gasteiger partial charge in [-0.2, -0.15) is 5.01 Å². The molecule has 2 fully saturated rings. The van der Waals surface area contributed by atoms with E-state index in [0.29, 0.717) is 34.2 Å². The molecule has 1 heterocycles. The first-order valence-corrected chi connectivity index (χ1v) is 9.80. The van der Waals surface area contributed by atoms with Gasteiger partial charge in [0.15, 0.2) is 6.54 Å². The SMILES string of the molecule is CC1CCC2(CC1)NC(=O)N(NC(=O)C[NH+](C)Cc1c(F)cccc1Cl)C2=O. The van der Waals surface area contributed by atoms with E-state index in [0.717, 1.165) is 17.9 Å². The molecule has 1 aliphatic carbocycles. The molecule has 3 N–H and O–H groups in total. The Morgan fingerprint density at radius 1 is 1.39 bits per heavy atom. The minimum atomic E-state index is -0.906. The van der Waals surface area contributed by atoms with E-state index < -0.39 is 29.2 Å². The van der Waals surface area contributed by atoms with Gasteiger partial charge in [0, 0.05) is 0 Å². The van der Waals surface area contributed by atoms with Crippen LogP contribution in [0.3, 0.4) is 0 Å². The summed E-state index contributed by atoms with van der Waals surface area (Å²) in [6.45, 7) is 2.26. The summed E-state index contributed by atoms with van der Waals surface area (Å²) in [4.78, 5) is 38.0. The molecule has 1 spiro atoms. The van der Waals surface area contributed by atoms with E-state index in [1.165, 1.54) is 12.1 Å². The average molecular weight is 412 g/mol. The van der Waals surface area contributed by atoms with Crippen molar-refractivity contribution in [3.8, 4) is 0 Å². The van der Waals surface area contributed by atoms with Gasteiger partial charge in [-0.25, -0.2) is 9.18 Å². The minimum absolute atomic E-state index is 0.0498. The van der Waals surface area contributed by atoms with Crippen LogP contribution in [0, 0.1) is 11.7 Å². The molecule has 9 heteroatoms. The third-order valence-electron chi connectivity index (χ3n) is 5.53.